The van der Waals surface area contributed by atoms with Gasteiger partial charge >= 0.3 is 0 Å². The van der Waals surface area contributed by atoms with E-state index in [0.29, 0.717) is 29.0 Å². The van der Waals surface area contributed by atoms with Gasteiger partial charge < -0.3 is 14.8 Å². The Morgan fingerprint density at radius 3 is 2.62 bits per heavy atom. The number of nitrogens with one attached hydrogen (secondary N) is 1. The van der Waals surface area contributed by atoms with Crippen molar-refractivity contribution in [2.24, 2.45) is 0 Å². The van der Waals surface area contributed by atoms with Crippen molar-refractivity contribution in [2.75, 3.05) is 12.1 Å². The van der Waals surface area contributed by atoms with E-state index in [4.69, 9.17) is 9.47 Å². The third-order valence-electron chi connectivity index (χ3n) is 5.29. The lowest BCUT2D eigenvalue weighted by Gasteiger charge is -2.14. The van der Waals surface area contributed by atoms with Gasteiger partial charge in [0.2, 0.25) is 12.7 Å². The maximum Gasteiger partial charge on any atom is 0.237 e. The molecule has 0 saturated carbocycles. The van der Waals surface area contributed by atoms with Gasteiger partial charge in [-0.05, 0) is 48.9 Å². The molecule has 1 atom stereocenters. The number of anilines is 1. The fraction of sp³-hybridized carbons (Fsp3) is 0.160. The van der Waals surface area contributed by atoms with Crippen molar-refractivity contribution < 1.29 is 18.7 Å². The number of carbonyl (C=O) groups excluding carboxylic acids is 1. The molecule has 1 unspecified atom stereocenters. The number of rotatable bonds is 7. The van der Waals surface area contributed by atoms with Crippen molar-refractivity contribution in [1.29, 1.82) is 0 Å². The maximum absolute atomic E-state index is 13.2. The molecule has 4 aromatic rings. The summed E-state index contributed by atoms with van der Waals surface area (Å²) in [7, 11) is 0. The predicted octanol–water partition coefficient (Wildman–Crippen LogP) is 4.98. The van der Waals surface area contributed by atoms with E-state index in [1.54, 1.807) is 6.92 Å². The zero-order chi connectivity index (χ0) is 23.5. The van der Waals surface area contributed by atoms with E-state index in [0.717, 1.165) is 16.9 Å². The van der Waals surface area contributed by atoms with Crippen LogP contribution in [0, 0.1) is 5.82 Å². The summed E-state index contributed by atoms with van der Waals surface area (Å²) in [5.41, 5.74) is 2.45. The molecule has 1 N–H and O–H groups in total. The molecule has 0 fully saturated rings. The SMILES string of the molecule is CC(Sc1nnc(-c2ccccc2)n1Cc1ccc2c(c1)OCO2)C(=O)Nc1ccc(F)cc1. The van der Waals surface area contributed by atoms with E-state index < -0.39 is 5.25 Å². The predicted molar refractivity (Wildman–Crippen MR) is 127 cm³/mol. The highest BCUT2D eigenvalue weighted by Crippen LogP contribution is 2.34. The van der Waals surface area contributed by atoms with Crippen LogP contribution in [-0.4, -0.2) is 32.7 Å². The number of thioether (sulfide) groups is 1. The molecule has 1 aliphatic rings. The van der Waals surface area contributed by atoms with Gasteiger partial charge in [0, 0.05) is 11.3 Å². The second kappa shape index (κ2) is 9.56. The Kier molecular flexibility index (Phi) is 6.18. The molecule has 3 aromatic carbocycles. The lowest BCUT2D eigenvalue weighted by Crippen LogP contribution is -2.23. The van der Waals surface area contributed by atoms with Gasteiger partial charge in [0.1, 0.15) is 5.82 Å². The monoisotopic (exact) mass is 476 g/mol. The molecular weight excluding hydrogens is 455 g/mol. The van der Waals surface area contributed by atoms with Crippen LogP contribution in [0.1, 0.15) is 12.5 Å². The summed E-state index contributed by atoms with van der Waals surface area (Å²) >= 11 is 1.31. The van der Waals surface area contributed by atoms with Crippen LogP contribution in [-0.2, 0) is 11.3 Å². The molecule has 0 spiro atoms. The van der Waals surface area contributed by atoms with Crippen molar-refractivity contribution >= 4 is 23.4 Å². The molecule has 1 amide bonds. The first-order valence-electron chi connectivity index (χ1n) is 10.7. The summed E-state index contributed by atoms with van der Waals surface area (Å²) < 4.78 is 26.1. The number of carbonyl (C=O) groups is 1. The van der Waals surface area contributed by atoms with Gasteiger partial charge in [-0.1, -0.05) is 48.2 Å². The third kappa shape index (κ3) is 4.74. The molecule has 0 aliphatic carbocycles. The molecule has 0 saturated heterocycles. The topological polar surface area (TPSA) is 78.3 Å². The van der Waals surface area contributed by atoms with Crippen molar-refractivity contribution in [3.8, 4) is 22.9 Å². The number of benzene rings is 3. The first-order chi connectivity index (χ1) is 16.6. The molecule has 0 bridgehead atoms. The Hall–Kier alpha value is -3.85. The highest BCUT2D eigenvalue weighted by Gasteiger charge is 2.22. The van der Waals surface area contributed by atoms with E-state index in [1.807, 2.05) is 53.1 Å². The number of halogens is 1. The summed E-state index contributed by atoms with van der Waals surface area (Å²) in [6.45, 7) is 2.50. The molecule has 1 aromatic heterocycles. The van der Waals surface area contributed by atoms with E-state index in [9.17, 15) is 9.18 Å². The highest BCUT2D eigenvalue weighted by molar-refractivity contribution is 8.00. The number of nitrogens with zero attached hydrogens (tertiary/aromatic N) is 3. The van der Waals surface area contributed by atoms with Gasteiger partial charge in [0.15, 0.2) is 22.5 Å². The molecule has 0 radical (unpaired) electrons. The van der Waals surface area contributed by atoms with Crippen LogP contribution in [0.2, 0.25) is 0 Å². The van der Waals surface area contributed by atoms with Crippen LogP contribution < -0.4 is 14.8 Å². The summed E-state index contributed by atoms with van der Waals surface area (Å²) in [6.07, 6.45) is 0. The molecule has 1 aliphatic heterocycles. The lowest BCUT2D eigenvalue weighted by atomic mass is 10.2. The summed E-state index contributed by atoms with van der Waals surface area (Å²) in [6, 6.07) is 21.2. The van der Waals surface area contributed by atoms with E-state index in [2.05, 4.69) is 15.5 Å². The second-order valence-corrected chi connectivity index (χ2v) is 9.01. The minimum absolute atomic E-state index is 0.211. The summed E-state index contributed by atoms with van der Waals surface area (Å²) in [4.78, 5) is 12.8. The Balaban J connectivity index is 1.40. The minimum atomic E-state index is -0.464. The van der Waals surface area contributed by atoms with Crippen LogP contribution in [0.5, 0.6) is 11.5 Å². The van der Waals surface area contributed by atoms with Crippen LogP contribution in [0.25, 0.3) is 11.4 Å². The zero-order valence-electron chi connectivity index (χ0n) is 18.3. The number of ether oxygens (including phenoxy) is 2. The summed E-state index contributed by atoms with van der Waals surface area (Å²) in [5, 5.41) is 11.8. The summed E-state index contributed by atoms with van der Waals surface area (Å²) in [5.74, 6) is 1.55. The molecule has 7 nitrogen and oxygen atoms in total. The Bertz CT molecular complexity index is 1310. The first kappa shape index (κ1) is 22.0. The number of hydrogen-bond donors (Lipinski definition) is 1. The van der Waals surface area contributed by atoms with Gasteiger partial charge in [-0.15, -0.1) is 10.2 Å². The Labute approximate surface area is 199 Å². The van der Waals surface area contributed by atoms with Gasteiger partial charge in [-0.25, -0.2) is 4.39 Å². The number of hydrogen-bond acceptors (Lipinski definition) is 6. The molecule has 5 rings (SSSR count). The normalized spacial score (nSPS) is 13.0. The fourth-order valence-electron chi connectivity index (χ4n) is 3.53. The smallest absolute Gasteiger partial charge is 0.237 e. The maximum atomic E-state index is 13.2. The molecule has 2 heterocycles. The largest absolute Gasteiger partial charge is 0.454 e. The van der Waals surface area contributed by atoms with Crippen molar-refractivity contribution in [3.63, 3.8) is 0 Å². The lowest BCUT2D eigenvalue weighted by molar-refractivity contribution is -0.115. The Morgan fingerprint density at radius 1 is 1.06 bits per heavy atom. The molecule has 9 heteroatoms. The quantitative estimate of drug-likeness (QED) is 0.379. The van der Waals surface area contributed by atoms with E-state index >= 15 is 0 Å². The highest BCUT2D eigenvalue weighted by atomic mass is 32.2. The van der Waals surface area contributed by atoms with Crippen molar-refractivity contribution in [2.45, 2.75) is 23.9 Å². The second-order valence-electron chi connectivity index (χ2n) is 7.70. The van der Waals surface area contributed by atoms with Crippen molar-refractivity contribution in [1.82, 2.24) is 14.8 Å². The van der Waals surface area contributed by atoms with Crippen LogP contribution in [0.4, 0.5) is 10.1 Å². The molecule has 172 valence electrons. The fourth-order valence-corrected chi connectivity index (χ4v) is 4.38. The third-order valence-corrected chi connectivity index (χ3v) is 6.37. The molecule has 34 heavy (non-hydrogen) atoms. The average molecular weight is 477 g/mol. The van der Waals surface area contributed by atoms with Crippen LogP contribution in [0.3, 0.4) is 0 Å². The van der Waals surface area contributed by atoms with Gasteiger partial charge in [0.05, 0.1) is 11.8 Å². The average Bonchev–Trinajstić information content (AvgIpc) is 3.48. The number of aromatic nitrogens is 3. The van der Waals surface area contributed by atoms with Crippen LogP contribution in [0.15, 0.2) is 78.0 Å². The van der Waals surface area contributed by atoms with E-state index in [-0.39, 0.29) is 18.5 Å². The number of fused-ring (bicyclic) bond motifs is 1. The van der Waals surface area contributed by atoms with Gasteiger partial charge in [-0.3, -0.25) is 9.36 Å². The molecular formula is C25H21FN4O3S. The van der Waals surface area contributed by atoms with Crippen molar-refractivity contribution in [3.05, 3.63) is 84.2 Å². The first-order valence-corrected chi connectivity index (χ1v) is 11.5. The Morgan fingerprint density at radius 2 is 1.82 bits per heavy atom. The number of amides is 1. The van der Waals surface area contributed by atoms with Gasteiger partial charge in [-0.2, -0.15) is 0 Å². The van der Waals surface area contributed by atoms with E-state index in [1.165, 1.54) is 36.0 Å². The minimum Gasteiger partial charge on any atom is -0.454 e. The van der Waals surface area contributed by atoms with Gasteiger partial charge in [0.25, 0.3) is 0 Å². The van der Waals surface area contributed by atoms with Crippen LogP contribution >= 0.6 is 11.8 Å². The standard InChI is InChI=1S/C25H21FN4O3S/c1-16(24(31)27-20-10-8-19(26)9-11-20)34-25-29-28-23(18-5-3-2-4-6-18)30(25)14-17-7-12-21-22(13-17)33-15-32-21/h2-13,16H,14-15H2,1H3,(H,27,31). The zero-order valence-corrected chi connectivity index (χ0v) is 19.1.